The highest BCUT2D eigenvalue weighted by Crippen LogP contribution is 2.32. The van der Waals surface area contributed by atoms with E-state index in [2.05, 4.69) is 15.6 Å². The van der Waals surface area contributed by atoms with Gasteiger partial charge in [0.25, 0.3) is 5.91 Å². The number of aromatic nitrogens is 1. The zero-order valence-corrected chi connectivity index (χ0v) is 14.6. The van der Waals surface area contributed by atoms with Crippen LogP contribution in [0.1, 0.15) is 29.6 Å². The van der Waals surface area contributed by atoms with Crippen LogP contribution in [0.3, 0.4) is 0 Å². The normalized spacial score (nSPS) is 25.0. The van der Waals surface area contributed by atoms with E-state index in [1.807, 2.05) is 36.4 Å². The second-order valence-corrected chi connectivity index (χ2v) is 7.76. The topological polar surface area (TPSA) is 54.0 Å². The molecule has 2 aliphatic rings. The number of nitrogens with one attached hydrogen (secondary N) is 2. The van der Waals surface area contributed by atoms with Crippen molar-refractivity contribution in [2.75, 3.05) is 0 Å². The Balaban J connectivity index is 1.40. The summed E-state index contributed by atoms with van der Waals surface area (Å²) in [5.41, 5.74) is 0.694. The Kier molecular flexibility index (Phi) is 4.48. The number of hydrogen-bond donors (Lipinski definition) is 2. The first-order chi connectivity index (χ1) is 11.7. The summed E-state index contributed by atoms with van der Waals surface area (Å²) >= 11 is 7.62. The van der Waals surface area contributed by atoms with Gasteiger partial charge < -0.3 is 10.6 Å². The molecule has 6 heteroatoms. The highest BCUT2D eigenvalue weighted by Gasteiger charge is 2.39. The van der Waals surface area contributed by atoms with E-state index in [9.17, 15) is 4.79 Å². The van der Waals surface area contributed by atoms with E-state index < -0.39 is 0 Å². The van der Waals surface area contributed by atoms with Crippen LogP contribution in [0.4, 0.5) is 0 Å². The van der Waals surface area contributed by atoms with E-state index in [-0.39, 0.29) is 11.9 Å². The average molecular weight is 360 g/mol. The fraction of sp³-hybridized carbons (Fsp3) is 0.333. The molecule has 2 bridgehead atoms. The summed E-state index contributed by atoms with van der Waals surface area (Å²) in [6.07, 6.45) is 5.12. The maximum atomic E-state index is 12.4. The smallest absolute Gasteiger partial charge is 0.251 e. The maximum Gasteiger partial charge on any atom is 0.251 e. The molecule has 4 nitrogen and oxygen atoms in total. The second kappa shape index (κ2) is 6.75. The molecule has 2 aromatic rings. The first-order valence-electron chi connectivity index (χ1n) is 8.14. The summed E-state index contributed by atoms with van der Waals surface area (Å²) in [7, 11) is 0. The third-order valence-corrected chi connectivity index (χ3v) is 6.16. The minimum Gasteiger partial charge on any atom is -0.348 e. The van der Waals surface area contributed by atoms with Gasteiger partial charge in [-0.25, -0.2) is 4.98 Å². The van der Waals surface area contributed by atoms with E-state index in [0.717, 1.165) is 22.6 Å². The summed E-state index contributed by atoms with van der Waals surface area (Å²) in [5, 5.41) is 7.20. The van der Waals surface area contributed by atoms with Crippen molar-refractivity contribution >= 4 is 29.3 Å². The number of fused-ring (bicyclic) bond motifs is 2. The largest absolute Gasteiger partial charge is 0.348 e. The van der Waals surface area contributed by atoms with Gasteiger partial charge in [-0.3, -0.25) is 4.79 Å². The van der Waals surface area contributed by atoms with Gasteiger partial charge in [0.05, 0.1) is 0 Å². The van der Waals surface area contributed by atoms with Gasteiger partial charge in [-0.15, -0.1) is 0 Å². The lowest BCUT2D eigenvalue weighted by atomic mass is 9.95. The molecule has 0 aliphatic carbocycles. The Morgan fingerprint density at radius 2 is 2.08 bits per heavy atom. The molecule has 2 N–H and O–H groups in total. The summed E-state index contributed by atoms with van der Waals surface area (Å²) < 4.78 is 0. The van der Waals surface area contributed by atoms with E-state index in [1.54, 1.807) is 18.0 Å². The summed E-state index contributed by atoms with van der Waals surface area (Å²) in [4.78, 5) is 18.4. The predicted octanol–water partition coefficient (Wildman–Crippen LogP) is 3.51. The Bertz CT molecular complexity index is 752. The zero-order valence-electron chi connectivity index (χ0n) is 13.0. The van der Waals surface area contributed by atoms with Crippen LogP contribution in [0.2, 0.25) is 5.15 Å². The van der Waals surface area contributed by atoms with Crippen LogP contribution in [0.5, 0.6) is 0 Å². The Morgan fingerprint density at radius 1 is 1.25 bits per heavy atom. The lowest BCUT2D eigenvalue weighted by molar-refractivity contribution is 0.0931. The summed E-state index contributed by atoms with van der Waals surface area (Å²) in [6, 6.07) is 12.7. The molecule has 2 saturated heterocycles. The fourth-order valence-electron chi connectivity index (χ4n) is 3.48. The van der Waals surface area contributed by atoms with Gasteiger partial charge in [-0.2, -0.15) is 0 Å². The molecule has 1 amide bonds. The molecule has 2 fully saturated rings. The van der Waals surface area contributed by atoms with Crippen LogP contribution in [0.25, 0.3) is 0 Å². The molecule has 1 aromatic carbocycles. The highest BCUT2D eigenvalue weighted by molar-refractivity contribution is 7.99. The number of amides is 1. The van der Waals surface area contributed by atoms with Gasteiger partial charge in [0.2, 0.25) is 0 Å². The predicted molar refractivity (Wildman–Crippen MR) is 95.6 cm³/mol. The lowest BCUT2D eigenvalue weighted by Crippen LogP contribution is -2.42. The van der Waals surface area contributed by atoms with Crippen molar-refractivity contribution in [3.63, 3.8) is 0 Å². The minimum absolute atomic E-state index is 0.00492. The molecule has 0 spiro atoms. The molecular weight excluding hydrogens is 342 g/mol. The van der Waals surface area contributed by atoms with E-state index >= 15 is 0 Å². The molecule has 0 radical (unpaired) electrons. The van der Waals surface area contributed by atoms with Crippen LogP contribution in [-0.2, 0) is 0 Å². The van der Waals surface area contributed by atoms with Crippen LogP contribution in [0.15, 0.2) is 52.4 Å². The van der Waals surface area contributed by atoms with Crippen LogP contribution in [-0.4, -0.2) is 29.0 Å². The van der Waals surface area contributed by atoms with Crippen LogP contribution >= 0.6 is 23.4 Å². The van der Waals surface area contributed by atoms with E-state index in [0.29, 0.717) is 22.8 Å². The Hall–Kier alpha value is -1.56. The average Bonchev–Trinajstić information content (AvgIpc) is 3.20. The SMILES string of the molecule is O=C(N[C@@H]1C[C@H]2CC[C@@H]1N2)c1ccc(Sc2cccnc2Cl)cc1. The Labute approximate surface area is 150 Å². The maximum absolute atomic E-state index is 12.4. The van der Waals surface area contributed by atoms with Crippen molar-refractivity contribution in [3.05, 3.63) is 53.3 Å². The van der Waals surface area contributed by atoms with E-state index in [1.165, 1.54) is 6.42 Å². The molecule has 0 unspecified atom stereocenters. The fourth-order valence-corrected chi connectivity index (χ4v) is 4.53. The standard InChI is InChI=1S/C18H18ClN3OS/c19-17-16(2-1-9-20-17)24-13-6-3-11(4-7-13)18(23)22-15-10-12-5-8-14(15)21-12/h1-4,6-7,9,12,14-15,21H,5,8,10H2,(H,22,23)/t12-,14+,15-/m1/s1. The van der Waals surface area contributed by atoms with Gasteiger partial charge in [0.1, 0.15) is 5.15 Å². The third-order valence-electron chi connectivity index (χ3n) is 4.69. The van der Waals surface area contributed by atoms with Gasteiger partial charge in [-0.05, 0) is 55.7 Å². The number of nitrogens with zero attached hydrogens (tertiary/aromatic N) is 1. The summed E-state index contributed by atoms with van der Waals surface area (Å²) in [5.74, 6) is 0.00492. The first kappa shape index (κ1) is 15.9. The van der Waals surface area contributed by atoms with Crippen molar-refractivity contribution in [3.8, 4) is 0 Å². The van der Waals surface area contributed by atoms with Crippen molar-refractivity contribution in [2.45, 2.75) is 47.2 Å². The number of halogens is 1. The Morgan fingerprint density at radius 3 is 2.75 bits per heavy atom. The molecule has 124 valence electrons. The molecule has 24 heavy (non-hydrogen) atoms. The second-order valence-electron chi connectivity index (χ2n) is 6.28. The number of hydrogen-bond acceptors (Lipinski definition) is 4. The molecule has 3 atom stereocenters. The zero-order chi connectivity index (χ0) is 16.5. The number of rotatable bonds is 4. The number of pyridine rings is 1. The van der Waals surface area contributed by atoms with Gasteiger partial charge in [0, 0.05) is 39.7 Å². The molecule has 4 rings (SSSR count). The van der Waals surface area contributed by atoms with Crippen molar-refractivity contribution in [1.82, 2.24) is 15.6 Å². The van der Waals surface area contributed by atoms with Gasteiger partial charge in [0.15, 0.2) is 0 Å². The van der Waals surface area contributed by atoms with Crippen LogP contribution in [0, 0.1) is 0 Å². The van der Waals surface area contributed by atoms with Gasteiger partial charge >= 0.3 is 0 Å². The van der Waals surface area contributed by atoms with Crippen molar-refractivity contribution in [1.29, 1.82) is 0 Å². The molecule has 0 saturated carbocycles. The number of benzene rings is 1. The molecule has 1 aromatic heterocycles. The number of carbonyl (C=O) groups is 1. The molecule has 3 heterocycles. The van der Waals surface area contributed by atoms with E-state index in [4.69, 9.17) is 11.6 Å². The van der Waals surface area contributed by atoms with Crippen LogP contribution < -0.4 is 10.6 Å². The van der Waals surface area contributed by atoms with Crippen molar-refractivity contribution in [2.24, 2.45) is 0 Å². The molecule has 2 aliphatic heterocycles. The highest BCUT2D eigenvalue weighted by atomic mass is 35.5. The quantitative estimate of drug-likeness (QED) is 0.820. The third kappa shape index (κ3) is 3.29. The lowest BCUT2D eigenvalue weighted by Gasteiger charge is -2.21. The number of carbonyl (C=O) groups excluding carboxylic acids is 1. The molecular formula is C18H18ClN3OS. The monoisotopic (exact) mass is 359 g/mol. The summed E-state index contributed by atoms with van der Waals surface area (Å²) in [6.45, 7) is 0. The first-order valence-corrected chi connectivity index (χ1v) is 9.34. The van der Waals surface area contributed by atoms with Crippen molar-refractivity contribution < 1.29 is 4.79 Å². The van der Waals surface area contributed by atoms with Gasteiger partial charge in [-0.1, -0.05) is 23.4 Å². The minimum atomic E-state index is 0.00492.